The van der Waals surface area contributed by atoms with Crippen LogP contribution in [0.5, 0.6) is 5.75 Å². The van der Waals surface area contributed by atoms with Crippen LogP contribution < -0.4 is 20.9 Å². The molecular weight excluding hydrogens is 400 g/mol. The standard InChI is InChI=1S/C22H34N4O5/c1-22(2,3)19(24-21(29)23-16-11-7-8-12-17(16)31-4)20(28)26(14-18(27)25-30)13-15-9-5-6-10-15/h7-8,11-12,15,19,30H,5-6,9-10,13-14H2,1-4H3,(H,25,27)(H2,23,24,29)/t19-/m0/s1. The summed E-state index contributed by atoms with van der Waals surface area (Å²) in [4.78, 5) is 39.4. The average Bonchev–Trinajstić information content (AvgIpc) is 3.23. The maximum atomic E-state index is 13.4. The second-order valence-corrected chi connectivity index (χ2v) is 9.00. The molecular formula is C22H34N4O5. The van der Waals surface area contributed by atoms with Crippen molar-refractivity contribution in [3.05, 3.63) is 24.3 Å². The third-order valence-corrected chi connectivity index (χ3v) is 5.47. The summed E-state index contributed by atoms with van der Waals surface area (Å²) < 4.78 is 5.25. The number of hydrogen-bond acceptors (Lipinski definition) is 5. The van der Waals surface area contributed by atoms with Crippen molar-refractivity contribution in [1.29, 1.82) is 0 Å². The van der Waals surface area contributed by atoms with E-state index in [2.05, 4.69) is 10.6 Å². The number of hydroxylamine groups is 1. The Labute approximate surface area is 183 Å². The minimum atomic E-state index is -0.880. The number of benzene rings is 1. The van der Waals surface area contributed by atoms with E-state index in [4.69, 9.17) is 9.94 Å². The Morgan fingerprint density at radius 2 is 1.84 bits per heavy atom. The van der Waals surface area contributed by atoms with Gasteiger partial charge in [-0.3, -0.25) is 14.8 Å². The highest BCUT2D eigenvalue weighted by atomic mass is 16.5. The summed E-state index contributed by atoms with van der Waals surface area (Å²) in [7, 11) is 1.51. The van der Waals surface area contributed by atoms with E-state index in [9.17, 15) is 14.4 Å². The van der Waals surface area contributed by atoms with E-state index in [-0.39, 0.29) is 12.5 Å². The molecule has 1 aromatic carbocycles. The lowest BCUT2D eigenvalue weighted by Gasteiger charge is -2.35. The van der Waals surface area contributed by atoms with Crippen molar-refractivity contribution in [1.82, 2.24) is 15.7 Å². The predicted molar refractivity (Wildman–Crippen MR) is 117 cm³/mol. The Hall–Kier alpha value is -2.81. The van der Waals surface area contributed by atoms with Gasteiger partial charge >= 0.3 is 6.03 Å². The molecule has 1 aromatic rings. The van der Waals surface area contributed by atoms with Gasteiger partial charge < -0.3 is 20.3 Å². The van der Waals surface area contributed by atoms with Gasteiger partial charge in [0.1, 0.15) is 18.3 Å². The second-order valence-electron chi connectivity index (χ2n) is 9.00. The van der Waals surface area contributed by atoms with Gasteiger partial charge in [-0.25, -0.2) is 10.3 Å². The summed E-state index contributed by atoms with van der Waals surface area (Å²) >= 11 is 0. The van der Waals surface area contributed by atoms with E-state index in [0.717, 1.165) is 25.7 Å². The predicted octanol–water partition coefficient (Wildman–Crippen LogP) is 2.76. The number of hydrogen-bond donors (Lipinski definition) is 4. The number of para-hydroxylation sites is 2. The lowest BCUT2D eigenvalue weighted by molar-refractivity contribution is -0.142. The molecule has 1 aliphatic carbocycles. The zero-order chi connectivity index (χ0) is 23.0. The summed E-state index contributed by atoms with van der Waals surface area (Å²) in [6.07, 6.45) is 4.18. The Kier molecular flexibility index (Phi) is 8.67. The number of amides is 4. The summed E-state index contributed by atoms with van der Waals surface area (Å²) in [5.74, 6) is -0.229. The van der Waals surface area contributed by atoms with Crippen LogP contribution in [-0.2, 0) is 9.59 Å². The Bertz CT molecular complexity index is 771. The molecule has 0 bridgehead atoms. The molecule has 1 atom stereocenters. The van der Waals surface area contributed by atoms with Gasteiger partial charge in [0.2, 0.25) is 5.91 Å². The minimum absolute atomic E-state index is 0.270. The number of anilines is 1. The van der Waals surface area contributed by atoms with Crippen LogP contribution in [0.2, 0.25) is 0 Å². The first kappa shape index (κ1) is 24.5. The van der Waals surface area contributed by atoms with Crippen LogP contribution in [0.4, 0.5) is 10.5 Å². The van der Waals surface area contributed by atoms with Crippen LogP contribution >= 0.6 is 0 Å². The zero-order valence-electron chi connectivity index (χ0n) is 18.7. The zero-order valence-corrected chi connectivity index (χ0v) is 18.7. The fraction of sp³-hybridized carbons (Fsp3) is 0.591. The van der Waals surface area contributed by atoms with Crippen LogP contribution in [0.3, 0.4) is 0 Å². The molecule has 0 radical (unpaired) electrons. The van der Waals surface area contributed by atoms with Gasteiger partial charge in [0.05, 0.1) is 12.8 Å². The molecule has 4 N–H and O–H groups in total. The molecule has 172 valence electrons. The maximum Gasteiger partial charge on any atom is 0.320 e. The summed E-state index contributed by atoms with van der Waals surface area (Å²) in [5, 5.41) is 14.4. The van der Waals surface area contributed by atoms with Crippen LogP contribution in [0.1, 0.15) is 46.5 Å². The molecule has 0 aromatic heterocycles. The molecule has 31 heavy (non-hydrogen) atoms. The van der Waals surface area contributed by atoms with Crippen molar-refractivity contribution >= 4 is 23.5 Å². The molecule has 0 saturated heterocycles. The van der Waals surface area contributed by atoms with Crippen molar-refractivity contribution in [3.8, 4) is 5.75 Å². The van der Waals surface area contributed by atoms with Gasteiger partial charge in [-0.15, -0.1) is 0 Å². The van der Waals surface area contributed by atoms with Gasteiger partial charge in [-0.1, -0.05) is 45.7 Å². The van der Waals surface area contributed by atoms with E-state index < -0.39 is 23.4 Å². The Balaban J connectivity index is 2.18. The minimum Gasteiger partial charge on any atom is -0.495 e. The molecule has 9 heteroatoms. The number of ether oxygens (including phenoxy) is 1. The van der Waals surface area contributed by atoms with Crippen molar-refractivity contribution in [2.45, 2.75) is 52.5 Å². The number of methoxy groups -OCH3 is 1. The Morgan fingerprint density at radius 1 is 1.19 bits per heavy atom. The Morgan fingerprint density at radius 3 is 2.42 bits per heavy atom. The van der Waals surface area contributed by atoms with E-state index in [0.29, 0.717) is 23.9 Å². The van der Waals surface area contributed by atoms with Crippen LogP contribution in [0.15, 0.2) is 24.3 Å². The van der Waals surface area contributed by atoms with Crippen LogP contribution in [0, 0.1) is 11.3 Å². The highest BCUT2D eigenvalue weighted by Crippen LogP contribution is 2.28. The molecule has 1 saturated carbocycles. The maximum absolute atomic E-state index is 13.4. The average molecular weight is 435 g/mol. The summed E-state index contributed by atoms with van der Waals surface area (Å²) in [5.41, 5.74) is 1.46. The van der Waals surface area contributed by atoms with Crippen molar-refractivity contribution in [3.63, 3.8) is 0 Å². The molecule has 0 aliphatic heterocycles. The SMILES string of the molecule is COc1ccccc1NC(=O)N[C@@H](C(=O)N(CC(=O)NO)CC1CCCC1)C(C)(C)C. The topological polar surface area (TPSA) is 120 Å². The number of rotatable bonds is 8. The number of carbonyl (C=O) groups is 3. The lowest BCUT2D eigenvalue weighted by atomic mass is 9.85. The van der Waals surface area contributed by atoms with Crippen molar-refractivity contribution in [2.24, 2.45) is 11.3 Å². The van der Waals surface area contributed by atoms with E-state index in [1.165, 1.54) is 12.0 Å². The summed E-state index contributed by atoms with van der Waals surface area (Å²) in [6.45, 7) is 5.68. The molecule has 0 spiro atoms. The highest BCUT2D eigenvalue weighted by Gasteiger charge is 2.37. The number of carbonyl (C=O) groups excluding carboxylic acids is 3. The number of nitrogens with one attached hydrogen (secondary N) is 3. The lowest BCUT2D eigenvalue weighted by Crippen LogP contribution is -2.57. The van der Waals surface area contributed by atoms with Gasteiger partial charge in [0.25, 0.3) is 5.91 Å². The third-order valence-electron chi connectivity index (χ3n) is 5.47. The normalized spacial score (nSPS) is 15.1. The quantitative estimate of drug-likeness (QED) is 0.370. The molecule has 1 aliphatic rings. The first-order valence-electron chi connectivity index (χ1n) is 10.6. The second kappa shape index (κ2) is 11.0. The largest absolute Gasteiger partial charge is 0.495 e. The molecule has 9 nitrogen and oxygen atoms in total. The smallest absolute Gasteiger partial charge is 0.320 e. The van der Waals surface area contributed by atoms with Gasteiger partial charge in [-0.05, 0) is 36.3 Å². The highest BCUT2D eigenvalue weighted by molar-refractivity contribution is 5.96. The monoisotopic (exact) mass is 434 g/mol. The van der Waals surface area contributed by atoms with Gasteiger partial charge in [0, 0.05) is 6.54 Å². The van der Waals surface area contributed by atoms with E-state index in [1.54, 1.807) is 29.7 Å². The number of urea groups is 1. The van der Waals surface area contributed by atoms with Crippen molar-refractivity contribution in [2.75, 3.05) is 25.5 Å². The van der Waals surface area contributed by atoms with E-state index >= 15 is 0 Å². The molecule has 0 heterocycles. The third kappa shape index (κ3) is 7.13. The fourth-order valence-corrected chi connectivity index (χ4v) is 3.81. The van der Waals surface area contributed by atoms with Gasteiger partial charge in [0.15, 0.2) is 0 Å². The fourth-order valence-electron chi connectivity index (χ4n) is 3.81. The first-order valence-corrected chi connectivity index (χ1v) is 10.6. The number of nitrogens with zero attached hydrogens (tertiary/aromatic N) is 1. The summed E-state index contributed by atoms with van der Waals surface area (Å²) in [6, 6.07) is 5.54. The van der Waals surface area contributed by atoms with E-state index in [1.807, 2.05) is 20.8 Å². The first-order chi connectivity index (χ1) is 14.7. The van der Waals surface area contributed by atoms with Crippen LogP contribution in [-0.4, -0.2) is 54.2 Å². The molecule has 4 amide bonds. The molecule has 0 unspecified atom stereocenters. The molecule has 2 rings (SSSR count). The molecule has 1 fully saturated rings. The van der Waals surface area contributed by atoms with Crippen molar-refractivity contribution < 1.29 is 24.3 Å². The van der Waals surface area contributed by atoms with Gasteiger partial charge in [-0.2, -0.15) is 0 Å². The van der Waals surface area contributed by atoms with Crippen LogP contribution in [0.25, 0.3) is 0 Å².